The molecule has 4 amide bonds. The molecule has 15 nitrogen and oxygen atoms in total. The lowest BCUT2D eigenvalue weighted by Gasteiger charge is -2.25. The second-order valence-electron chi connectivity index (χ2n) is 8.03. The number of hydrogen-bond donors (Lipinski definition) is 9. The van der Waals surface area contributed by atoms with Gasteiger partial charge in [0.2, 0.25) is 23.6 Å². The van der Waals surface area contributed by atoms with Crippen LogP contribution < -0.4 is 33.2 Å². The van der Waals surface area contributed by atoms with Crippen molar-refractivity contribution in [1.82, 2.24) is 25.9 Å². The lowest BCUT2D eigenvalue weighted by Crippen LogP contribution is -2.59. The molecule has 12 N–H and O–H groups in total. The number of aromatic nitrogens is 2. The molecule has 0 spiro atoms. The largest absolute Gasteiger partial charge is 0.480 e. The summed E-state index contributed by atoms with van der Waals surface area (Å²) in [6.45, 7) is 1.59. The number of aliphatic hydroxyl groups is 1. The van der Waals surface area contributed by atoms with E-state index >= 15 is 0 Å². The fourth-order valence-electron chi connectivity index (χ4n) is 3.07. The monoisotopic (exact) mass is 498 g/mol. The van der Waals surface area contributed by atoms with E-state index in [1.54, 1.807) is 0 Å². The van der Waals surface area contributed by atoms with Crippen LogP contribution in [0.1, 0.15) is 38.3 Å². The van der Waals surface area contributed by atoms with Crippen molar-refractivity contribution in [3.05, 3.63) is 18.2 Å². The summed E-state index contributed by atoms with van der Waals surface area (Å²) < 4.78 is 0. The smallest absolute Gasteiger partial charge is 0.328 e. The second-order valence-corrected chi connectivity index (χ2v) is 8.03. The summed E-state index contributed by atoms with van der Waals surface area (Å²) in [6, 6.07) is -5.40. The highest BCUT2D eigenvalue weighted by atomic mass is 16.4. The molecule has 1 heterocycles. The zero-order valence-electron chi connectivity index (χ0n) is 19.4. The lowest BCUT2D eigenvalue weighted by atomic mass is 10.1. The van der Waals surface area contributed by atoms with Crippen LogP contribution in [-0.4, -0.2) is 86.6 Å². The number of aromatic amines is 1. The van der Waals surface area contributed by atoms with E-state index in [9.17, 15) is 29.1 Å². The maximum Gasteiger partial charge on any atom is 0.328 e. The maximum absolute atomic E-state index is 13.0. The Balaban J connectivity index is 3.02. The number of rotatable bonds is 16. The first-order valence-corrected chi connectivity index (χ1v) is 11.0. The van der Waals surface area contributed by atoms with E-state index in [-0.39, 0.29) is 6.42 Å². The molecule has 0 aromatic carbocycles. The number of unbranched alkanes of at least 4 members (excludes halogenated alkanes) is 1. The predicted molar refractivity (Wildman–Crippen MR) is 122 cm³/mol. The highest BCUT2D eigenvalue weighted by Crippen LogP contribution is 2.05. The molecule has 5 atom stereocenters. The minimum Gasteiger partial charge on any atom is -0.480 e. The molecule has 0 saturated heterocycles. The molecular weight excluding hydrogens is 464 g/mol. The van der Waals surface area contributed by atoms with Crippen molar-refractivity contribution in [2.45, 2.75) is 69.3 Å². The Labute approximate surface area is 201 Å². The van der Waals surface area contributed by atoms with Crippen molar-refractivity contribution in [1.29, 1.82) is 0 Å². The number of primary amides is 1. The number of aliphatic carboxylic acids is 1. The van der Waals surface area contributed by atoms with Crippen molar-refractivity contribution < 1.29 is 34.2 Å². The number of amides is 4. The summed E-state index contributed by atoms with van der Waals surface area (Å²) >= 11 is 0. The Kier molecular flexibility index (Phi) is 12.3. The van der Waals surface area contributed by atoms with Crippen molar-refractivity contribution in [2.75, 3.05) is 6.54 Å². The number of imidazole rings is 1. The van der Waals surface area contributed by atoms with E-state index in [2.05, 4.69) is 25.9 Å². The zero-order valence-corrected chi connectivity index (χ0v) is 19.4. The van der Waals surface area contributed by atoms with Crippen LogP contribution >= 0.6 is 0 Å². The molecule has 1 rings (SSSR count). The van der Waals surface area contributed by atoms with Gasteiger partial charge in [0.15, 0.2) is 6.04 Å². The van der Waals surface area contributed by atoms with E-state index in [1.807, 2.05) is 0 Å². The van der Waals surface area contributed by atoms with Gasteiger partial charge in [0.25, 0.3) is 0 Å². The van der Waals surface area contributed by atoms with E-state index in [0.29, 0.717) is 31.5 Å². The molecule has 196 valence electrons. The van der Waals surface area contributed by atoms with Gasteiger partial charge in [-0.2, -0.15) is 0 Å². The number of carboxylic acid groups (broad SMARTS) is 1. The standard InChI is InChI=1S/C20H34N8O7/c1-10(29)16(20(34)35)28-19(33)14(7-15(23)30)27-18(32)13(6-11-8-24-9-25-11)26-17(31)12(22)4-2-3-5-21/h8-10,12-14,16,29H,2-7,21-22H2,1H3,(H2,23,30)(H,24,25)(H,26,31)(H,27,32)(H,28,33)(H,34,35). The zero-order chi connectivity index (χ0) is 26.5. The number of aliphatic hydroxyl groups excluding tert-OH is 1. The van der Waals surface area contributed by atoms with E-state index in [0.717, 1.165) is 6.92 Å². The molecule has 15 heteroatoms. The molecule has 0 saturated carbocycles. The van der Waals surface area contributed by atoms with Crippen LogP contribution in [0.25, 0.3) is 0 Å². The summed E-state index contributed by atoms with van der Waals surface area (Å²) in [7, 11) is 0. The number of hydrogen-bond acceptors (Lipinski definition) is 9. The highest BCUT2D eigenvalue weighted by Gasteiger charge is 2.32. The molecule has 5 unspecified atom stereocenters. The van der Waals surface area contributed by atoms with Crippen molar-refractivity contribution >= 4 is 29.6 Å². The number of carbonyl (C=O) groups is 5. The minimum absolute atomic E-state index is 0.0522. The summed E-state index contributed by atoms with van der Waals surface area (Å²) in [4.78, 5) is 67.6. The normalized spacial score (nSPS) is 15.2. The summed E-state index contributed by atoms with van der Waals surface area (Å²) in [5.41, 5.74) is 17.0. The van der Waals surface area contributed by atoms with Gasteiger partial charge in [0.05, 0.1) is 24.9 Å². The van der Waals surface area contributed by atoms with Crippen LogP contribution in [0.5, 0.6) is 0 Å². The third-order valence-electron chi connectivity index (χ3n) is 5.00. The van der Waals surface area contributed by atoms with Crippen molar-refractivity contribution in [2.24, 2.45) is 17.2 Å². The lowest BCUT2D eigenvalue weighted by molar-refractivity contribution is -0.145. The molecule has 1 aromatic heterocycles. The highest BCUT2D eigenvalue weighted by molar-refractivity contribution is 5.96. The number of carboxylic acids is 1. The predicted octanol–water partition coefficient (Wildman–Crippen LogP) is -3.80. The average molecular weight is 499 g/mol. The van der Waals surface area contributed by atoms with Crippen molar-refractivity contribution in [3.8, 4) is 0 Å². The van der Waals surface area contributed by atoms with Crippen LogP contribution in [0.15, 0.2) is 12.5 Å². The first-order valence-electron chi connectivity index (χ1n) is 11.0. The molecule has 0 bridgehead atoms. The Morgan fingerprint density at radius 1 is 1.06 bits per heavy atom. The van der Waals surface area contributed by atoms with Gasteiger partial charge in [0, 0.05) is 18.3 Å². The quantitative estimate of drug-likeness (QED) is 0.100. The van der Waals surface area contributed by atoms with Crippen LogP contribution in [0.3, 0.4) is 0 Å². The van der Waals surface area contributed by atoms with Gasteiger partial charge in [-0.15, -0.1) is 0 Å². The molecule has 0 fully saturated rings. The number of carbonyl (C=O) groups excluding carboxylic acids is 4. The Morgan fingerprint density at radius 2 is 1.69 bits per heavy atom. The van der Waals surface area contributed by atoms with Gasteiger partial charge in [-0.25, -0.2) is 9.78 Å². The molecular formula is C20H34N8O7. The van der Waals surface area contributed by atoms with Gasteiger partial charge in [-0.3, -0.25) is 19.2 Å². The SMILES string of the molecule is CC(O)C(NC(=O)C(CC(N)=O)NC(=O)C(Cc1cnc[nH]1)NC(=O)C(N)CCCCN)C(=O)O. The average Bonchev–Trinajstić information content (AvgIpc) is 3.28. The van der Waals surface area contributed by atoms with E-state index in [4.69, 9.17) is 22.3 Å². The summed E-state index contributed by atoms with van der Waals surface area (Å²) in [6.07, 6.45) is 2.25. The van der Waals surface area contributed by atoms with Crippen molar-refractivity contribution in [3.63, 3.8) is 0 Å². The van der Waals surface area contributed by atoms with Crippen LogP contribution in [0, 0.1) is 0 Å². The van der Waals surface area contributed by atoms with Crippen LogP contribution in [0.2, 0.25) is 0 Å². The Morgan fingerprint density at radius 3 is 2.20 bits per heavy atom. The maximum atomic E-state index is 13.0. The summed E-state index contributed by atoms with van der Waals surface area (Å²) in [5, 5.41) is 25.6. The van der Waals surface area contributed by atoms with Gasteiger partial charge >= 0.3 is 5.97 Å². The van der Waals surface area contributed by atoms with Crippen LogP contribution in [-0.2, 0) is 30.4 Å². The molecule has 0 aliphatic heterocycles. The molecule has 0 aliphatic rings. The Hall–Kier alpha value is -3.56. The Bertz CT molecular complexity index is 862. The van der Waals surface area contributed by atoms with Gasteiger partial charge < -0.3 is 48.3 Å². The fraction of sp³-hybridized carbons (Fsp3) is 0.600. The van der Waals surface area contributed by atoms with E-state index < -0.39 is 66.3 Å². The summed E-state index contributed by atoms with van der Waals surface area (Å²) in [5.74, 6) is -5.00. The van der Waals surface area contributed by atoms with Gasteiger partial charge in [0.1, 0.15) is 12.1 Å². The molecule has 0 radical (unpaired) electrons. The van der Waals surface area contributed by atoms with Crippen LogP contribution in [0.4, 0.5) is 0 Å². The number of nitrogens with zero attached hydrogens (tertiary/aromatic N) is 1. The van der Waals surface area contributed by atoms with Gasteiger partial charge in [-0.05, 0) is 26.3 Å². The number of nitrogens with one attached hydrogen (secondary N) is 4. The second kappa shape index (κ2) is 14.6. The topological polar surface area (TPSA) is 269 Å². The third-order valence-corrected chi connectivity index (χ3v) is 5.00. The first-order chi connectivity index (χ1) is 16.5. The third kappa shape index (κ3) is 10.5. The number of H-pyrrole nitrogens is 1. The van der Waals surface area contributed by atoms with Gasteiger partial charge in [-0.1, -0.05) is 6.42 Å². The molecule has 35 heavy (non-hydrogen) atoms. The number of nitrogens with two attached hydrogens (primary N) is 3. The first kappa shape index (κ1) is 29.5. The molecule has 1 aromatic rings. The fourth-order valence-corrected chi connectivity index (χ4v) is 3.07. The minimum atomic E-state index is -1.69. The van der Waals surface area contributed by atoms with E-state index in [1.165, 1.54) is 12.5 Å². The molecule has 0 aliphatic carbocycles.